The third-order valence-corrected chi connectivity index (χ3v) is 0. The zero-order chi connectivity index (χ0) is 10.8. The van der Waals surface area contributed by atoms with Crippen LogP contribution < -0.4 is 0 Å². The summed E-state index contributed by atoms with van der Waals surface area (Å²) < 4.78 is 0. The van der Waals surface area contributed by atoms with Crippen LogP contribution in [0.3, 0.4) is 0 Å². The number of hydrogen-bond acceptors (Lipinski definition) is 0. The van der Waals surface area contributed by atoms with Crippen molar-refractivity contribution >= 4 is 0 Å². The fourth-order valence-corrected chi connectivity index (χ4v) is 0. The van der Waals surface area contributed by atoms with Crippen molar-refractivity contribution in [3.8, 4) is 0 Å². The molecule has 0 heterocycles. The lowest BCUT2D eigenvalue weighted by atomic mass is 10.8. The molecular formula is C12H25F. The first kappa shape index (κ1) is 29.7. The summed E-state index contributed by atoms with van der Waals surface area (Å²) in [7, 11) is 0. The third kappa shape index (κ3) is 699. The van der Waals surface area contributed by atoms with Crippen LogP contribution in [0.4, 0.5) is 4.70 Å². The minimum Gasteiger partial charge on any atom is -0.269 e. The lowest BCUT2D eigenvalue weighted by Crippen LogP contribution is -1.07. The van der Waals surface area contributed by atoms with Crippen LogP contribution in [0, 0.1) is 0 Å². The molecule has 80 valence electrons. The molecular weight excluding hydrogens is 163 g/mol. The highest BCUT2D eigenvalue weighted by Gasteiger charge is 1.15. The Hall–Kier alpha value is -1.11. The monoisotopic (exact) mass is 188 g/mol. The molecule has 0 radical (unpaired) electrons. The Morgan fingerprint density at radius 2 is 0.538 bits per heavy atom. The van der Waals surface area contributed by atoms with E-state index in [0.29, 0.717) is 0 Å². The van der Waals surface area contributed by atoms with E-state index >= 15 is 0 Å². The molecule has 0 aromatic carbocycles. The summed E-state index contributed by atoms with van der Waals surface area (Å²) in [4.78, 5) is 0. The molecule has 0 atom stereocenters. The van der Waals surface area contributed by atoms with Gasteiger partial charge in [0.2, 0.25) is 0 Å². The van der Waals surface area contributed by atoms with E-state index in [9.17, 15) is 0 Å². The van der Waals surface area contributed by atoms with Crippen LogP contribution in [-0.2, 0) is 0 Å². The lowest BCUT2D eigenvalue weighted by molar-refractivity contribution is 1.11. The maximum absolute atomic E-state index is 3.36. The van der Waals surface area contributed by atoms with Crippen molar-refractivity contribution in [2.75, 3.05) is 0 Å². The molecule has 0 nitrogen and oxygen atoms in total. The van der Waals surface area contributed by atoms with Crippen LogP contribution in [-0.4, -0.2) is 0 Å². The van der Waals surface area contributed by atoms with Crippen LogP contribution in [0.5, 0.6) is 0 Å². The molecule has 0 rings (SSSR count). The number of hydrogen-bond donors (Lipinski definition) is 0. The number of allylic oxidation sites excluding steroid dienone is 4. The molecule has 0 spiro atoms. The molecule has 0 aromatic rings. The predicted octanol–water partition coefficient (Wildman–Crippen LogP) is 4.92. The van der Waals surface area contributed by atoms with E-state index in [4.69, 9.17) is 0 Å². The Balaban J connectivity index is -0.0000000213. The summed E-state index contributed by atoms with van der Waals surface area (Å²) in [5, 5.41) is 0. The van der Waals surface area contributed by atoms with Gasteiger partial charge < -0.3 is 0 Å². The highest BCUT2D eigenvalue weighted by atomic mass is 19.0. The molecule has 0 unspecified atom stereocenters. The van der Waals surface area contributed by atoms with Crippen molar-refractivity contribution in [1.82, 2.24) is 0 Å². The maximum Gasteiger partial charge on any atom is -0.0473 e. The Labute approximate surface area is 83.7 Å². The first-order chi connectivity index (χ1) is 5.66. The molecule has 1 heteroatoms. The molecule has 0 aliphatic rings. The van der Waals surface area contributed by atoms with Crippen LogP contribution in [0.25, 0.3) is 0 Å². The quantitative estimate of drug-likeness (QED) is 0.473. The average molecular weight is 188 g/mol. The Bertz CT molecular complexity index is 59.1. The van der Waals surface area contributed by atoms with Gasteiger partial charge in [-0.1, -0.05) is 24.3 Å². The predicted molar refractivity (Wildman–Crippen MR) is 66.0 cm³/mol. The first-order valence-electron chi connectivity index (χ1n) is 3.94. The van der Waals surface area contributed by atoms with Gasteiger partial charge in [0.25, 0.3) is 0 Å². The zero-order valence-electron chi connectivity index (χ0n) is 9.55. The Kier molecular flexibility index (Phi) is 291. The van der Waals surface area contributed by atoms with Gasteiger partial charge in [-0.15, -0.1) is 26.3 Å². The van der Waals surface area contributed by atoms with E-state index in [2.05, 4.69) is 26.3 Å². The van der Waals surface area contributed by atoms with Gasteiger partial charge in [-0.25, -0.2) is 0 Å². The standard InChI is InChI=1S/4C3H6.FH/c4*1-3-2;/h4*3H,1H2,2H3;1H. The minimum atomic E-state index is 0. The summed E-state index contributed by atoms with van der Waals surface area (Å²) in [5.41, 5.74) is 0. The van der Waals surface area contributed by atoms with E-state index in [1.807, 2.05) is 27.7 Å². The van der Waals surface area contributed by atoms with Crippen LogP contribution >= 0.6 is 0 Å². The van der Waals surface area contributed by atoms with Crippen LogP contribution in [0.1, 0.15) is 27.7 Å². The summed E-state index contributed by atoms with van der Waals surface area (Å²) in [6.07, 6.45) is 7.00. The van der Waals surface area contributed by atoms with E-state index in [0.717, 1.165) is 0 Å². The molecule has 0 fully saturated rings. The van der Waals surface area contributed by atoms with Gasteiger partial charge in [-0.3, -0.25) is 4.70 Å². The largest absolute Gasteiger partial charge is 0.269 e. The Morgan fingerprint density at radius 3 is 0.538 bits per heavy atom. The van der Waals surface area contributed by atoms with E-state index in [1.54, 1.807) is 24.3 Å². The lowest BCUT2D eigenvalue weighted by Gasteiger charge is -1.31. The summed E-state index contributed by atoms with van der Waals surface area (Å²) >= 11 is 0. The van der Waals surface area contributed by atoms with Crippen molar-refractivity contribution in [3.05, 3.63) is 50.6 Å². The van der Waals surface area contributed by atoms with Crippen molar-refractivity contribution in [2.24, 2.45) is 0 Å². The first-order valence-corrected chi connectivity index (χ1v) is 3.94. The van der Waals surface area contributed by atoms with Gasteiger partial charge in [0.05, 0.1) is 0 Å². The molecule has 0 amide bonds. The third-order valence-electron chi connectivity index (χ3n) is 0. The van der Waals surface area contributed by atoms with Gasteiger partial charge in [0, 0.05) is 0 Å². The van der Waals surface area contributed by atoms with E-state index < -0.39 is 0 Å². The second kappa shape index (κ2) is 128. The van der Waals surface area contributed by atoms with Crippen molar-refractivity contribution in [2.45, 2.75) is 27.7 Å². The van der Waals surface area contributed by atoms with Gasteiger partial charge in [-0.05, 0) is 27.7 Å². The second-order valence-electron chi connectivity index (χ2n) is 1.63. The van der Waals surface area contributed by atoms with E-state index in [1.165, 1.54) is 0 Å². The minimum absolute atomic E-state index is 0. The SMILES string of the molecule is C=CC.C=CC.C=CC.C=CC.F. The molecule has 13 heavy (non-hydrogen) atoms. The molecule has 0 saturated carbocycles. The zero-order valence-corrected chi connectivity index (χ0v) is 9.55. The molecule has 0 aliphatic heterocycles. The van der Waals surface area contributed by atoms with Gasteiger partial charge in [0.15, 0.2) is 0 Å². The van der Waals surface area contributed by atoms with Crippen molar-refractivity contribution < 1.29 is 4.70 Å². The highest BCUT2D eigenvalue weighted by Crippen LogP contribution is 1.39. The van der Waals surface area contributed by atoms with Gasteiger partial charge in [-0.2, -0.15) is 0 Å². The molecule has 0 saturated heterocycles. The molecule has 0 aromatic heterocycles. The van der Waals surface area contributed by atoms with Gasteiger partial charge in [0.1, 0.15) is 0 Å². The van der Waals surface area contributed by atoms with Crippen LogP contribution in [0.2, 0.25) is 0 Å². The van der Waals surface area contributed by atoms with E-state index in [-0.39, 0.29) is 4.70 Å². The number of rotatable bonds is 0. The summed E-state index contributed by atoms with van der Waals surface area (Å²) in [6, 6.07) is 0. The summed E-state index contributed by atoms with van der Waals surface area (Å²) in [5.74, 6) is 0. The van der Waals surface area contributed by atoms with Crippen LogP contribution in [0.15, 0.2) is 50.6 Å². The fourth-order valence-electron chi connectivity index (χ4n) is 0. The topological polar surface area (TPSA) is 0 Å². The molecule has 0 bridgehead atoms. The normalized spacial score (nSPS) is 4.00. The number of halogens is 1. The van der Waals surface area contributed by atoms with Crippen molar-refractivity contribution in [3.63, 3.8) is 0 Å². The molecule has 0 aliphatic carbocycles. The molecule has 0 N–H and O–H groups in total. The van der Waals surface area contributed by atoms with Crippen molar-refractivity contribution in [1.29, 1.82) is 0 Å². The average Bonchev–Trinajstić information content (AvgIpc) is 1.92. The Morgan fingerprint density at radius 1 is 0.538 bits per heavy atom. The maximum atomic E-state index is 3.36. The smallest absolute Gasteiger partial charge is 0.0473 e. The highest BCUT2D eigenvalue weighted by molar-refractivity contribution is 4.52. The summed E-state index contributed by atoms with van der Waals surface area (Å²) in [6.45, 7) is 21.0. The van der Waals surface area contributed by atoms with Gasteiger partial charge >= 0.3 is 0 Å². The fraction of sp³-hybridized carbons (Fsp3) is 0.333. The second-order valence-corrected chi connectivity index (χ2v) is 1.63.